The molecule has 2 aromatic heterocycles. The Hall–Kier alpha value is -2.15. The number of amides is 1. The summed E-state index contributed by atoms with van der Waals surface area (Å²) >= 11 is 1.42. The molecule has 1 unspecified atom stereocenters. The summed E-state index contributed by atoms with van der Waals surface area (Å²) in [6.07, 6.45) is 2.35. The maximum atomic E-state index is 12.4. The van der Waals surface area contributed by atoms with Crippen LogP contribution in [0, 0.1) is 6.92 Å². The van der Waals surface area contributed by atoms with Gasteiger partial charge < -0.3 is 14.4 Å². The number of piperidine rings is 1. The molecule has 3 rings (SSSR count). The summed E-state index contributed by atoms with van der Waals surface area (Å²) in [5.41, 5.74) is 0.652. The number of carboxylic acids is 1. The number of thiazole rings is 1. The van der Waals surface area contributed by atoms with Crippen molar-refractivity contribution in [1.82, 2.24) is 9.88 Å². The van der Waals surface area contributed by atoms with Gasteiger partial charge in [-0.1, -0.05) is 0 Å². The highest BCUT2D eigenvalue weighted by Crippen LogP contribution is 2.26. The van der Waals surface area contributed by atoms with Gasteiger partial charge in [-0.15, -0.1) is 11.3 Å². The van der Waals surface area contributed by atoms with Crippen LogP contribution in [0.1, 0.15) is 30.7 Å². The summed E-state index contributed by atoms with van der Waals surface area (Å²) in [7, 11) is 0. The summed E-state index contributed by atoms with van der Waals surface area (Å²) in [4.78, 5) is 29.6. The number of hydrogen-bond acceptors (Lipinski definition) is 5. The molecule has 122 valence electrons. The van der Waals surface area contributed by atoms with Gasteiger partial charge in [0.15, 0.2) is 10.8 Å². The Morgan fingerprint density at radius 1 is 1.43 bits per heavy atom. The smallest absolute Gasteiger partial charge is 0.326 e. The zero-order valence-corrected chi connectivity index (χ0v) is 13.6. The zero-order chi connectivity index (χ0) is 16.4. The molecular formula is C16H18N2O4S. The largest absolute Gasteiger partial charge is 0.480 e. The van der Waals surface area contributed by atoms with E-state index in [9.17, 15) is 14.7 Å². The lowest BCUT2D eigenvalue weighted by Crippen LogP contribution is -2.48. The molecule has 1 amide bonds. The van der Waals surface area contributed by atoms with E-state index in [1.165, 1.54) is 16.2 Å². The third kappa shape index (κ3) is 3.44. The van der Waals surface area contributed by atoms with Crippen LogP contribution in [0.2, 0.25) is 0 Å². The number of aromatic nitrogens is 1. The maximum absolute atomic E-state index is 12.4. The minimum absolute atomic E-state index is 0.125. The van der Waals surface area contributed by atoms with Crippen LogP contribution in [0.5, 0.6) is 0 Å². The Balaban J connectivity index is 1.70. The van der Waals surface area contributed by atoms with Gasteiger partial charge in [-0.25, -0.2) is 9.78 Å². The van der Waals surface area contributed by atoms with E-state index in [4.69, 9.17) is 4.42 Å². The van der Waals surface area contributed by atoms with E-state index in [0.717, 1.165) is 23.6 Å². The molecular weight excluding hydrogens is 316 g/mol. The Morgan fingerprint density at radius 2 is 2.26 bits per heavy atom. The molecule has 0 aliphatic carbocycles. The van der Waals surface area contributed by atoms with Crippen LogP contribution >= 0.6 is 11.3 Å². The summed E-state index contributed by atoms with van der Waals surface area (Å²) < 4.78 is 5.53. The van der Waals surface area contributed by atoms with Gasteiger partial charge in [0.05, 0.1) is 12.1 Å². The average molecular weight is 334 g/mol. The number of carboxylic acid groups (broad SMARTS) is 1. The molecule has 0 bridgehead atoms. The Morgan fingerprint density at radius 3 is 2.96 bits per heavy atom. The first-order valence-corrected chi connectivity index (χ1v) is 8.46. The SMILES string of the molecule is Cc1ccc(-c2nc(CC(=O)N3CCCCC3C(=O)O)cs2)o1. The van der Waals surface area contributed by atoms with Crippen molar-refractivity contribution in [2.75, 3.05) is 6.54 Å². The Bertz CT molecular complexity index is 721. The van der Waals surface area contributed by atoms with Crippen molar-refractivity contribution < 1.29 is 19.1 Å². The second-order valence-electron chi connectivity index (χ2n) is 5.67. The highest BCUT2D eigenvalue weighted by atomic mass is 32.1. The molecule has 1 atom stereocenters. The second kappa shape index (κ2) is 6.54. The number of likely N-dealkylation sites (tertiary alicyclic amines) is 1. The number of aliphatic carboxylic acids is 1. The van der Waals surface area contributed by atoms with Gasteiger partial charge in [0, 0.05) is 11.9 Å². The van der Waals surface area contributed by atoms with Crippen LogP contribution in [0.4, 0.5) is 0 Å². The highest BCUT2D eigenvalue weighted by Gasteiger charge is 2.32. The maximum Gasteiger partial charge on any atom is 0.326 e. The Labute approximate surface area is 137 Å². The molecule has 0 radical (unpaired) electrons. The molecule has 1 saturated heterocycles. The topological polar surface area (TPSA) is 83.6 Å². The van der Waals surface area contributed by atoms with Gasteiger partial charge >= 0.3 is 5.97 Å². The summed E-state index contributed by atoms with van der Waals surface area (Å²) in [5.74, 6) is 0.394. The quantitative estimate of drug-likeness (QED) is 0.929. The van der Waals surface area contributed by atoms with E-state index >= 15 is 0 Å². The minimum atomic E-state index is -0.928. The molecule has 6 nitrogen and oxygen atoms in total. The summed E-state index contributed by atoms with van der Waals surface area (Å²) in [6.45, 7) is 2.37. The zero-order valence-electron chi connectivity index (χ0n) is 12.8. The average Bonchev–Trinajstić information content (AvgIpc) is 3.16. The van der Waals surface area contributed by atoms with Crippen LogP contribution in [0.25, 0.3) is 10.8 Å². The number of carbonyl (C=O) groups is 2. The number of hydrogen-bond donors (Lipinski definition) is 1. The van der Waals surface area contributed by atoms with Crippen molar-refractivity contribution in [3.63, 3.8) is 0 Å². The molecule has 0 spiro atoms. The normalized spacial score (nSPS) is 18.1. The van der Waals surface area contributed by atoms with Crippen LogP contribution in [0.3, 0.4) is 0 Å². The predicted molar refractivity (Wildman–Crippen MR) is 85.2 cm³/mol. The highest BCUT2D eigenvalue weighted by molar-refractivity contribution is 7.13. The van der Waals surface area contributed by atoms with Crippen LogP contribution in [-0.4, -0.2) is 39.5 Å². The lowest BCUT2D eigenvalue weighted by Gasteiger charge is -2.32. The summed E-state index contributed by atoms with van der Waals surface area (Å²) in [5, 5.41) is 11.8. The van der Waals surface area contributed by atoms with Crippen molar-refractivity contribution in [3.05, 3.63) is 29.0 Å². The fourth-order valence-electron chi connectivity index (χ4n) is 2.79. The van der Waals surface area contributed by atoms with Crippen LogP contribution < -0.4 is 0 Å². The first-order valence-electron chi connectivity index (χ1n) is 7.58. The first kappa shape index (κ1) is 15.7. The summed E-state index contributed by atoms with van der Waals surface area (Å²) in [6, 6.07) is 3.01. The van der Waals surface area contributed by atoms with Gasteiger partial charge in [0.1, 0.15) is 11.8 Å². The third-order valence-electron chi connectivity index (χ3n) is 3.94. The molecule has 7 heteroatoms. The lowest BCUT2D eigenvalue weighted by molar-refractivity contribution is -0.151. The van der Waals surface area contributed by atoms with E-state index in [1.54, 1.807) is 0 Å². The van der Waals surface area contributed by atoms with Gasteiger partial charge in [0.2, 0.25) is 5.91 Å². The molecule has 1 aliphatic rings. The molecule has 23 heavy (non-hydrogen) atoms. The van der Waals surface area contributed by atoms with Crippen molar-refractivity contribution in [2.45, 2.75) is 38.6 Å². The van der Waals surface area contributed by atoms with Crippen molar-refractivity contribution in [1.29, 1.82) is 0 Å². The number of aryl methyl sites for hydroxylation is 1. The monoisotopic (exact) mass is 334 g/mol. The molecule has 0 saturated carbocycles. The molecule has 2 aromatic rings. The van der Waals surface area contributed by atoms with Crippen molar-refractivity contribution in [2.24, 2.45) is 0 Å². The van der Waals surface area contributed by atoms with E-state index in [0.29, 0.717) is 24.4 Å². The fourth-order valence-corrected chi connectivity index (χ4v) is 3.57. The van der Waals surface area contributed by atoms with Crippen molar-refractivity contribution >= 4 is 23.2 Å². The van der Waals surface area contributed by atoms with Crippen LogP contribution in [0.15, 0.2) is 21.9 Å². The predicted octanol–water partition coefficient (Wildman–Crippen LogP) is 2.72. The Kier molecular flexibility index (Phi) is 4.47. The minimum Gasteiger partial charge on any atom is -0.480 e. The van der Waals surface area contributed by atoms with Gasteiger partial charge in [-0.2, -0.15) is 0 Å². The van der Waals surface area contributed by atoms with Gasteiger partial charge in [-0.3, -0.25) is 4.79 Å². The van der Waals surface area contributed by atoms with Gasteiger partial charge in [-0.05, 0) is 38.3 Å². The molecule has 1 aliphatic heterocycles. The lowest BCUT2D eigenvalue weighted by atomic mass is 10.0. The van der Waals surface area contributed by atoms with E-state index < -0.39 is 12.0 Å². The standard InChI is InChI=1S/C16H18N2O4S/c1-10-5-6-13(22-10)15-17-11(9-23-15)8-14(19)18-7-3-2-4-12(18)16(20)21/h5-6,9,12H,2-4,7-8H2,1H3,(H,20,21). The molecule has 1 N–H and O–H groups in total. The van der Waals surface area contributed by atoms with E-state index in [2.05, 4.69) is 4.98 Å². The van der Waals surface area contributed by atoms with E-state index in [1.807, 2.05) is 24.4 Å². The number of rotatable bonds is 4. The molecule has 3 heterocycles. The number of furan rings is 1. The number of nitrogens with zero attached hydrogens (tertiary/aromatic N) is 2. The van der Waals surface area contributed by atoms with E-state index in [-0.39, 0.29) is 12.3 Å². The van der Waals surface area contributed by atoms with Crippen LogP contribution in [-0.2, 0) is 16.0 Å². The number of carbonyl (C=O) groups excluding carboxylic acids is 1. The fraction of sp³-hybridized carbons (Fsp3) is 0.438. The molecule has 0 aromatic carbocycles. The first-order chi connectivity index (χ1) is 11.0. The second-order valence-corrected chi connectivity index (χ2v) is 6.53. The molecule has 1 fully saturated rings. The third-order valence-corrected chi connectivity index (χ3v) is 4.85. The van der Waals surface area contributed by atoms with Gasteiger partial charge in [0.25, 0.3) is 0 Å². The van der Waals surface area contributed by atoms with Crippen molar-refractivity contribution in [3.8, 4) is 10.8 Å².